The van der Waals surface area contributed by atoms with Gasteiger partial charge >= 0.3 is 0 Å². The molecular formula is C15H21FN2O3. The van der Waals surface area contributed by atoms with Crippen LogP contribution in [0.15, 0.2) is 18.2 Å². The van der Waals surface area contributed by atoms with E-state index in [9.17, 15) is 9.18 Å². The number of rotatable bonds is 5. The summed E-state index contributed by atoms with van der Waals surface area (Å²) in [6, 6.07) is 4.28. The number of benzene rings is 1. The van der Waals surface area contributed by atoms with Gasteiger partial charge in [0.25, 0.3) is 5.91 Å². The van der Waals surface area contributed by atoms with Crippen LogP contribution in [0.5, 0.6) is 5.75 Å². The topological polar surface area (TPSA) is 64.8 Å². The van der Waals surface area contributed by atoms with Crippen LogP contribution in [0.25, 0.3) is 0 Å². The van der Waals surface area contributed by atoms with E-state index in [-0.39, 0.29) is 17.6 Å². The third-order valence-electron chi connectivity index (χ3n) is 3.61. The predicted molar refractivity (Wildman–Crippen MR) is 76.9 cm³/mol. The molecule has 0 aliphatic carbocycles. The standard InChI is InChI=1S/C15H21FN2O3/c1-20-12-2-3-13(14(16)10-12)15(19)18-7-4-11(5-8-18)21-9-6-17/h2-3,10-11H,4-9,17H2,1H3. The van der Waals surface area contributed by atoms with Gasteiger partial charge in [0.2, 0.25) is 0 Å². The molecule has 5 nitrogen and oxygen atoms in total. The second-order valence-electron chi connectivity index (χ2n) is 5.00. The summed E-state index contributed by atoms with van der Waals surface area (Å²) in [5.41, 5.74) is 5.48. The maximum atomic E-state index is 13.9. The molecule has 6 heteroatoms. The summed E-state index contributed by atoms with van der Waals surface area (Å²) in [5.74, 6) is -0.439. The van der Waals surface area contributed by atoms with E-state index in [1.807, 2.05) is 0 Å². The van der Waals surface area contributed by atoms with Gasteiger partial charge in [0.1, 0.15) is 11.6 Å². The molecule has 21 heavy (non-hydrogen) atoms. The van der Waals surface area contributed by atoms with Crippen LogP contribution in [0.4, 0.5) is 4.39 Å². The molecule has 1 aromatic carbocycles. The second kappa shape index (κ2) is 7.38. The molecule has 1 fully saturated rings. The molecule has 0 aromatic heterocycles. The highest BCUT2D eigenvalue weighted by molar-refractivity contribution is 5.94. The molecule has 116 valence electrons. The van der Waals surface area contributed by atoms with E-state index < -0.39 is 5.82 Å². The van der Waals surface area contributed by atoms with E-state index in [1.165, 1.54) is 19.2 Å². The van der Waals surface area contributed by atoms with E-state index >= 15 is 0 Å². The minimum Gasteiger partial charge on any atom is -0.497 e. The lowest BCUT2D eigenvalue weighted by molar-refractivity contribution is 0.0120. The van der Waals surface area contributed by atoms with Crippen molar-refractivity contribution in [1.29, 1.82) is 0 Å². The molecule has 1 aliphatic rings. The van der Waals surface area contributed by atoms with Crippen molar-refractivity contribution in [3.63, 3.8) is 0 Å². The Balaban J connectivity index is 1.95. The molecule has 1 amide bonds. The smallest absolute Gasteiger partial charge is 0.256 e. The van der Waals surface area contributed by atoms with E-state index in [4.69, 9.17) is 15.2 Å². The number of carbonyl (C=O) groups excluding carboxylic acids is 1. The molecule has 1 saturated heterocycles. The molecule has 0 saturated carbocycles. The summed E-state index contributed by atoms with van der Waals surface area (Å²) in [6.45, 7) is 2.17. The number of ether oxygens (including phenoxy) is 2. The van der Waals surface area contributed by atoms with Crippen molar-refractivity contribution in [3.05, 3.63) is 29.6 Å². The van der Waals surface area contributed by atoms with Gasteiger partial charge in [0.15, 0.2) is 0 Å². The summed E-state index contributed by atoms with van der Waals surface area (Å²) in [7, 11) is 1.46. The first-order valence-electron chi connectivity index (χ1n) is 7.10. The van der Waals surface area contributed by atoms with Gasteiger partial charge in [-0.1, -0.05) is 0 Å². The molecule has 0 radical (unpaired) electrons. The zero-order chi connectivity index (χ0) is 15.2. The molecule has 1 aliphatic heterocycles. The average Bonchev–Trinajstić information content (AvgIpc) is 2.52. The maximum Gasteiger partial charge on any atom is 0.256 e. The molecule has 2 rings (SSSR count). The van der Waals surface area contributed by atoms with Crippen LogP contribution in [0.3, 0.4) is 0 Å². The summed E-state index contributed by atoms with van der Waals surface area (Å²) < 4.78 is 24.4. The van der Waals surface area contributed by atoms with Gasteiger partial charge < -0.3 is 20.1 Å². The minimum atomic E-state index is -0.555. The Bertz CT molecular complexity index is 488. The van der Waals surface area contributed by atoms with Gasteiger partial charge in [-0.15, -0.1) is 0 Å². The summed E-state index contributed by atoms with van der Waals surface area (Å²) in [5, 5.41) is 0. The number of methoxy groups -OCH3 is 1. The van der Waals surface area contributed by atoms with E-state index in [1.54, 1.807) is 11.0 Å². The van der Waals surface area contributed by atoms with Gasteiger partial charge in [-0.2, -0.15) is 0 Å². The van der Waals surface area contributed by atoms with E-state index in [0.717, 1.165) is 12.8 Å². The van der Waals surface area contributed by atoms with Crippen molar-refractivity contribution in [2.45, 2.75) is 18.9 Å². The Morgan fingerprint density at radius 1 is 1.43 bits per heavy atom. The first-order chi connectivity index (χ1) is 10.2. The fraction of sp³-hybridized carbons (Fsp3) is 0.533. The van der Waals surface area contributed by atoms with Crippen LogP contribution in [0.2, 0.25) is 0 Å². The number of piperidine rings is 1. The first-order valence-corrected chi connectivity index (χ1v) is 7.10. The average molecular weight is 296 g/mol. The quantitative estimate of drug-likeness (QED) is 0.892. The monoisotopic (exact) mass is 296 g/mol. The normalized spacial score (nSPS) is 16.0. The molecular weight excluding hydrogens is 275 g/mol. The highest BCUT2D eigenvalue weighted by Crippen LogP contribution is 2.20. The Morgan fingerprint density at radius 2 is 2.14 bits per heavy atom. The number of amides is 1. The van der Waals surface area contributed by atoms with Crippen LogP contribution in [0, 0.1) is 5.82 Å². The van der Waals surface area contributed by atoms with Crippen molar-refractivity contribution in [3.8, 4) is 5.75 Å². The molecule has 1 heterocycles. The molecule has 2 N–H and O–H groups in total. The molecule has 1 aromatic rings. The molecule has 0 bridgehead atoms. The second-order valence-corrected chi connectivity index (χ2v) is 5.00. The third kappa shape index (κ3) is 3.92. The van der Waals surface area contributed by atoms with Crippen molar-refractivity contribution in [2.24, 2.45) is 5.73 Å². The zero-order valence-electron chi connectivity index (χ0n) is 12.2. The van der Waals surface area contributed by atoms with Gasteiger partial charge in [-0.3, -0.25) is 4.79 Å². The number of halogens is 1. The summed E-state index contributed by atoms with van der Waals surface area (Å²) in [4.78, 5) is 14.0. The van der Waals surface area contributed by atoms with Crippen molar-refractivity contribution in [1.82, 2.24) is 4.90 Å². The molecule has 0 atom stereocenters. The first kappa shape index (κ1) is 15.7. The predicted octanol–water partition coefficient (Wildman–Crippen LogP) is 1.41. The van der Waals surface area contributed by atoms with Crippen LogP contribution < -0.4 is 10.5 Å². The Labute approximate surface area is 123 Å². The summed E-state index contributed by atoms with van der Waals surface area (Å²) >= 11 is 0. The Kier molecular flexibility index (Phi) is 5.52. The number of likely N-dealkylation sites (tertiary alicyclic amines) is 1. The number of nitrogens with two attached hydrogens (primary N) is 1. The van der Waals surface area contributed by atoms with Crippen molar-refractivity contribution < 1.29 is 18.7 Å². The highest BCUT2D eigenvalue weighted by atomic mass is 19.1. The molecule has 0 unspecified atom stereocenters. The highest BCUT2D eigenvalue weighted by Gasteiger charge is 2.25. The Morgan fingerprint density at radius 3 is 2.71 bits per heavy atom. The lowest BCUT2D eigenvalue weighted by Crippen LogP contribution is -2.41. The van der Waals surface area contributed by atoms with Crippen LogP contribution in [-0.4, -0.2) is 50.3 Å². The largest absolute Gasteiger partial charge is 0.497 e. The van der Waals surface area contributed by atoms with Crippen LogP contribution in [0.1, 0.15) is 23.2 Å². The summed E-state index contributed by atoms with van der Waals surface area (Å²) in [6.07, 6.45) is 1.64. The van der Waals surface area contributed by atoms with Gasteiger partial charge in [0, 0.05) is 25.7 Å². The zero-order valence-corrected chi connectivity index (χ0v) is 12.2. The van der Waals surface area contributed by atoms with Gasteiger partial charge in [-0.05, 0) is 25.0 Å². The van der Waals surface area contributed by atoms with E-state index in [2.05, 4.69) is 0 Å². The van der Waals surface area contributed by atoms with E-state index in [0.29, 0.717) is 32.0 Å². The SMILES string of the molecule is COc1ccc(C(=O)N2CCC(OCCN)CC2)c(F)c1. The lowest BCUT2D eigenvalue weighted by atomic mass is 10.1. The lowest BCUT2D eigenvalue weighted by Gasteiger charge is -2.32. The third-order valence-corrected chi connectivity index (χ3v) is 3.61. The van der Waals surface area contributed by atoms with Crippen molar-refractivity contribution in [2.75, 3.05) is 33.4 Å². The van der Waals surface area contributed by atoms with Crippen LogP contribution >= 0.6 is 0 Å². The fourth-order valence-corrected chi connectivity index (χ4v) is 2.43. The van der Waals surface area contributed by atoms with Crippen LogP contribution in [-0.2, 0) is 4.74 Å². The number of hydrogen-bond acceptors (Lipinski definition) is 4. The number of hydrogen-bond donors (Lipinski definition) is 1. The van der Waals surface area contributed by atoms with Crippen molar-refractivity contribution >= 4 is 5.91 Å². The van der Waals surface area contributed by atoms with Gasteiger partial charge in [-0.25, -0.2) is 4.39 Å². The fourth-order valence-electron chi connectivity index (χ4n) is 2.43. The maximum absolute atomic E-state index is 13.9. The molecule has 0 spiro atoms. The number of nitrogens with zero attached hydrogens (tertiary/aromatic N) is 1. The van der Waals surface area contributed by atoms with Gasteiger partial charge in [0.05, 0.1) is 25.4 Å². The number of carbonyl (C=O) groups is 1. The Hall–Kier alpha value is -1.66. The minimum absolute atomic E-state index is 0.0807.